The number of sulfonamides is 1. The van der Waals surface area contributed by atoms with Crippen LogP contribution in [0.2, 0.25) is 0 Å². The molecule has 1 saturated heterocycles. The van der Waals surface area contributed by atoms with Crippen LogP contribution in [0.4, 0.5) is 5.82 Å². The molecule has 20 heavy (non-hydrogen) atoms. The number of nitrogens with zero attached hydrogens (tertiary/aromatic N) is 3. The van der Waals surface area contributed by atoms with E-state index in [4.69, 9.17) is 5.73 Å². The van der Waals surface area contributed by atoms with Crippen molar-refractivity contribution in [3.8, 4) is 0 Å². The summed E-state index contributed by atoms with van der Waals surface area (Å²) in [5, 5.41) is 11.2. The zero-order valence-corrected chi connectivity index (χ0v) is 12.6. The van der Waals surface area contributed by atoms with Crippen molar-refractivity contribution < 1.29 is 13.5 Å². The lowest BCUT2D eigenvalue weighted by atomic mass is 10.0. The van der Waals surface area contributed by atoms with Gasteiger partial charge >= 0.3 is 0 Å². The third kappa shape index (κ3) is 1.85. The Morgan fingerprint density at radius 2 is 2.35 bits per heavy atom. The molecular formula is C11H16N4O3S2. The Hall–Kier alpha value is -1.16. The first-order valence-electron chi connectivity index (χ1n) is 6.30. The van der Waals surface area contributed by atoms with Crippen LogP contribution >= 0.6 is 11.3 Å². The molecular weight excluding hydrogens is 300 g/mol. The molecule has 110 valence electrons. The Labute approximate surface area is 120 Å². The predicted molar refractivity (Wildman–Crippen MR) is 76.0 cm³/mol. The van der Waals surface area contributed by atoms with Crippen molar-refractivity contribution in [3.63, 3.8) is 0 Å². The smallest absolute Gasteiger partial charge is 0.263 e. The molecule has 1 aliphatic rings. The SMILES string of the molecule is CC1CCN(S(=O)(=O)c2c(N)nc3sccn23)C1CO. The van der Waals surface area contributed by atoms with Gasteiger partial charge in [-0.25, -0.2) is 13.4 Å². The van der Waals surface area contributed by atoms with E-state index >= 15 is 0 Å². The van der Waals surface area contributed by atoms with E-state index in [1.54, 1.807) is 11.6 Å². The molecule has 3 rings (SSSR count). The molecule has 7 nitrogen and oxygen atoms in total. The van der Waals surface area contributed by atoms with Gasteiger partial charge in [0.2, 0.25) is 0 Å². The van der Waals surface area contributed by atoms with Gasteiger partial charge in [0.05, 0.1) is 12.6 Å². The van der Waals surface area contributed by atoms with Crippen LogP contribution in [0.3, 0.4) is 0 Å². The van der Waals surface area contributed by atoms with Gasteiger partial charge in [0.25, 0.3) is 10.0 Å². The Kier molecular flexibility index (Phi) is 3.24. The molecule has 2 atom stereocenters. The summed E-state index contributed by atoms with van der Waals surface area (Å²) >= 11 is 1.33. The molecule has 0 bridgehead atoms. The fourth-order valence-electron chi connectivity index (χ4n) is 2.69. The first kappa shape index (κ1) is 13.8. The molecule has 3 N–H and O–H groups in total. The molecule has 0 aliphatic carbocycles. The lowest BCUT2D eigenvalue weighted by Crippen LogP contribution is -2.40. The van der Waals surface area contributed by atoms with Crippen LogP contribution in [-0.2, 0) is 10.0 Å². The highest BCUT2D eigenvalue weighted by molar-refractivity contribution is 7.89. The lowest BCUT2D eigenvalue weighted by molar-refractivity contribution is 0.191. The summed E-state index contributed by atoms with van der Waals surface area (Å²) in [6.07, 6.45) is 2.37. The Balaban J connectivity index is 2.12. The molecule has 2 unspecified atom stereocenters. The first-order chi connectivity index (χ1) is 9.46. The van der Waals surface area contributed by atoms with Gasteiger partial charge in [-0.2, -0.15) is 4.31 Å². The highest BCUT2D eigenvalue weighted by Crippen LogP contribution is 2.33. The van der Waals surface area contributed by atoms with E-state index in [1.807, 2.05) is 6.92 Å². The van der Waals surface area contributed by atoms with Crippen molar-refractivity contribution >= 4 is 32.1 Å². The summed E-state index contributed by atoms with van der Waals surface area (Å²) < 4.78 is 28.5. The van der Waals surface area contributed by atoms with Crippen LogP contribution in [0, 0.1) is 5.92 Å². The van der Waals surface area contributed by atoms with Crippen LogP contribution in [0.15, 0.2) is 16.6 Å². The summed E-state index contributed by atoms with van der Waals surface area (Å²) in [5.74, 6) is 0.134. The van der Waals surface area contributed by atoms with E-state index in [2.05, 4.69) is 4.98 Å². The number of nitrogens with two attached hydrogens (primary N) is 1. The van der Waals surface area contributed by atoms with Crippen molar-refractivity contribution in [1.29, 1.82) is 0 Å². The lowest BCUT2D eigenvalue weighted by Gasteiger charge is -2.24. The number of aromatic nitrogens is 2. The molecule has 1 aliphatic heterocycles. The topological polar surface area (TPSA) is 101 Å². The minimum atomic E-state index is -3.76. The summed E-state index contributed by atoms with van der Waals surface area (Å²) in [6.45, 7) is 2.15. The molecule has 3 heterocycles. The van der Waals surface area contributed by atoms with Gasteiger partial charge < -0.3 is 10.8 Å². The Morgan fingerprint density at radius 1 is 1.60 bits per heavy atom. The highest BCUT2D eigenvalue weighted by atomic mass is 32.2. The van der Waals surface area contributed by atoms with Gasteiger partial charge in [0.1, 0.15) is 0 Å². The number of aliphatic hydroxyl groups excluding tert-OH is 1. The number of fused-ring (bicyclic) bond motifs is 1. The molecule has 0 saturated carbocycles. The summed E-state index contributed by atoms with van der Waals surface area (Å²) in [7, 11) is -3.76. The van der Waals surface area contributed by atoms with E-state index in [0.29, 0.717) is 11.5 Å². The number of aliphatic hydroxyl groups is 1. The van der Waals surface area contributed by atoms with E-state index in [9.17, 15) is 13.5 Å². The number of imidazole rings is 1. The van der Waals surface area contributed by atoms with E-state index < -0.39 is 16.1 Å². The predicted octanol–water partition coefficient (Wildman–Crippen LogP) is 0.369. The third-order valence-electron chi connectivity index (χ3n) is 3.82. The maximum atomic E-state index is 12.8. The Morgan fingerprint density at radius 3 is 3.05 bits per heavy atom. The molecule has 0 spiro atoms. The normalized spacial score (nSPS) is 24.7. The average molecular weight is 316 g/mol. The second kappa shape index (κ2) is 4.69. The van der Waals surface area contributed by atoms with Gasteiger partial charge in [-0.3, -0.25) is 4.40 Å². The number of thiazole rings is 1. The maximum absolute atomic E-state index is 12.8. The summed E-state index contributed by atoms with van der Waals surface area (Å²) in [4.78, 5) is 4.62. The van der Waals surface area contributed by atoms with Crippen molar-refractivity contribution in [1.82, 2.24) is 13.7 Å². The second-order valence-corrected chi connectivity index (χ2v) is 7.67. The molecule has 0 amide bonds. The van der Waals surface area contributed by atoms with Crippen LogP contribution in [-0.4, -0.2) is 46.4 Å². The molecule has 2 aromatic rings. The largest absolute Gasteiger partial charge is 0.395 e. The van der Waals surface area contributed by atoms with Crippen LogP contribution in [0.25, 0.3) is 4.96 Å². The number of hydrogen-bond acceptors (Lipinski definition) is 6. The van der Waals surface area contributed by atoms with Gasteiger partial charge in [-0.1, -0.05) is 6.92 Å². The van der Waals surface area contributed by atoms with Crippen LogP contribution in [0.5, 0.6) is 0 Å². The molecule has 1 fully saturated rings. The number of nitrogen functional groups attached to an aromatic ring is 1. The van der Waals surface area contributed by atoms with Gasteiger partial charge in [-0.05, 0) is 12.3 Å². The third-order valence-corrected chi connectivity index (χ3v) is 6.54. The zero-order chi connectivity index (χ0) is 14.5. The minimum Gasteiger partial charge on any atom is -0.395 e. The monoisotopic (exact) mass is 316 g/mol. The van der Waals surface area contributed by atoms with Crippen LogP contribution < -0.4 is 5.73 Å². The first-order valence-corrected chi connectivity index (χ1v) is 8.62. The second-order valence-electron chi connectivity index (χ2n) is 4.99. The van der Waals surface area contributed by atoms with E-state index in [0.717, 1.165) is 6.42 Å². The van der Waals surface area contributed by atoms with Gasteiger partial charge in [0, 0.05) is 18.1 Å². The molecule has 0 aromatic carbocycles. The van der Waals surface area contributed by atoms with Gasteiger partial charge in [-0.15, -0.1) is 11.3 Å². The summed E-state index contributed by atoms with van der Waals surface area (Å²) in [6, 6.07) is -0.399. The summed E-state index contributed by atoms with van der Waals surface area (Å²) in [5.41, 5.74) is 5.78. The molecule has 9 heteroatoms. The van der Waals surface area contributed by atoms with Gasteiger partial charge in [0.15, 0.2) is 15.8 Å². The van der Waals surface area contributed by atoms with Crippen molar-refractivity contribution in [3.05, 3.63) is 11.6 Å². The fourth-order valence-corrected chi connectivity index (χ4v) is 5.38. The van der Waals surface area contributed by atoms with E-state index in [1.165, 1.54) is 20.0 Å². The van der Waals surface area contributed by atoms with Crippen molar-refractivity contribution in [2.24, 2.45) is 5.92 Å². The quantitative estimate of drug-likeness (QED) is 0.852. The Bertz CT molecular complexity index is 736. The van der Waals surface area contributed by atoms with Crippen molar-refractivity contribution in [2.45, 2.75) is 24.4 Å². The van der Waals surface area contributed by atoms with Crippen LogP contribution in [0.1, 0.15) is 13.3 Å². The molecule has 2 aromatic heterocycles. The number of anilines is 1. The molecule has 0 radical (unpaired) electrons. The fraction of sp³-hybridized carbons (Fsp3) is 0.545. The average Bonchev–Trinajstić information content (AvgIpc) is 3.02. The minimum absolute atomic E-state index is 0.00120. The number of hydrogen-bond donors (Lipinski definition) is 2. The van der Waals surface area contributed by atoms with Crippen molar-refractivity contribution in [2.75, 3.05) is 18.9 Å². The highest BCUT2D eigenvalue weighted by Gasteiger charge is 2.41. The number of rotatable bonds is 3. The maximum Gasteiger partial charge on any atom is 0.263 e. The standard InChI is InChI=1S/C11H16N4O3S2/c1-7-2-3-15(8(7)6-16)20(17,18)10-9(12)13-11-14(10)4-5-19-11/h4-5,7-8,16H,2-3,6,12H2,1H3. The zero-order valence-electron chi connectivity index (χ0n) is 10.9. The van der Waals surface area contributed by atoms with E-state index in [-0.39, 0.29) is 23.4 Å².